The molecule has 1 aromatic carbocycles. The molecule has 0 aromatic heterocycles. The highest BCUT2D eigenvalue weighted by molar-refractivity contribution is 8.00. The third-order valence-corrected chi connectivity index (χ3v) is 3.01. The van der Waals surface area contributed by atoms with Crippen LogP contribution in [0.4, 0.5) is 0 Å². The third-order valence-electron chi connectivity index (χ3n) is 2.01. The zero-order valence-electron chi connectivity index (χ0n) is 9.69. The molecule has 0 spiro atoms. The van der Waals surface area contributed by atoms with Crippen molar-refractivity contribution < 1.29 is 4.79 Å². The van der Waals surface area contributed by atoms with Crippen LogP contribution in [0.1, 0.15) is 5.56 Å². The maximum absolute atomic E-state index is 11.3. The third kappa shape index (κ3) is 5.38. The maximum Gasteiger partial charge on any atom is 0.231 e. The quantitative estimate of drug-likeness (QED) is 0.586. The summed E-state index contributed by atoms with van der Waals surface area (Å²) in [6.07, 6.45) is 0. The van der Waals surface area contributed by atoms with E-state index in [-0.39, 0.29) is 12.5 Å². The number of thioether (sulfide) groups is 1. The zero-order chi connectivity index (χ0) is 12.5. The van der Waals surface area contributed by atoms with E-state index in [1.165, 1.54) is 17.3 Å². The number of nitrogens with one attached hydrogen (secondary N) is 2. The lowest BCUT2D eigenvalue weighted by Gasteiger charge is -2.04. The van der Waals surface area contributed by atoms with Gasteiger partial charge in [0, 0.05) is 11.4 Å². The van der Waals surface area contributed by atoms with Crippen molar-refractivity contribution in [2.24, 2.45) is 0 Å². The molecule has 0 saturated carbocycles. The summed E-state index contributed by atoms with van der Waals surface area (Å²) < 4.78 is 0. The molecule has 90 valence electrons. The minimum atomic E-state index is -0.115. The Kier molecular flexibility index (Phi) is 6.15. The summed E-state index contributed by atoms with van der Waals surface area (Å²) in [4.78, 5) is 12.4. The van der Waals surface area contributed by atoms with Crippen molar-refractivity contribution in [3.05, 3.63) is 29.8 Å². The predicted octanol–water partition coefficient (Wildman–Crippen LogP) is 1.14. The van der Waals surface area contributed by atoms with E-state index in [1.807, 2.05) is 31.3 Å². The normalized spacial score (nSPS) is 9.65. The molecule has 5 heteroatoms. The number of nitriles is 1. The Balaban J connectivity index is 2.43. The van der Waals surface area contributed by atoms with Gasteiger partial charge in [0.2, 0.25) is 5.91 Å². The van der Waals surface area contributed by atoms with Crippen LogP contribution in [0, 0.1) is 11.3 Å². The van der Waals surface area contributed by atoms with Crippen molar-refractivity contribution in [1.82, 2.24) is 10.6 Å². The predicted molar refractivity (Wildman–Crippen MR) is 68.6 cm³/mol. The standard InChI is InChI=1S/C12H15N3OS/c1-14-8-10-3-2-4-11(7-10)17-9-12(16)15-6-5-13/h2-4,7,14H,6,8-9H2,1H3,(H,15,16). The highest BCUT2D eigenvalue weighted by atomic mass is 32.2. The van der Waals surface area contributed by atoms with Gasteiger partial charge in [-0.1, -0.05) is 12.1 Å². The Morgan fingerprint density at radius 3 is 3.06 bits per heavy atom. The fourth-order valence-electron chi connectivity index (χ4n) is 1.29. The number of amides is 1. The molecule has 1 rings (SSSR count). The first kappa shape index (κ1) is 13.6. The molecule has 4 nitrogen and oxygen atoms in total. The van der Waals surface area contributed by atoms with Crippen LogP contribution in [0.3, 0.4) is 0 Å². The summed E-state index contributed by atoms with van der Waals surface area (Å²) in [5.74, 6) is 0.223. The highest BCUT2D eigenvalue weighted by Crippen LogP contribution is 2.18. The number of carbonyl (C=O) groups excluding carboxylic acids is 1. The van der Waals surface area contributed by atoms with Gasteiger partial charge in [0.1, 0.15) is 6.54 Å². The van der Waals surface area contributed by atoms with E-state index in [9.17, 15) is 4.79 Å². The van der Waals surface area contributed by atoms with Gasteiger partial charge in [-0.3, -0.25) is 4.79 Å². The van der Waals surface area contributed by atoms with Crippen molar-refractivity contribution in [1.29, 1.82) is 5.26 Å². The Hall–Kier alpha value is -1.51. The Bertz CT molecular complexity index is 414. The van der Waals surface area contributed by atoms with Crippen molar-refractivity contribution in [3.8, 4) is 6.07 Å². The summed E-state index contributed by atoms with van der Waals surface area (Å²) in [6.45, 7) is 0.883. The van der Waals surface area contributed by atoms with Crippen LogP contribution >= 0.6 is 11.8 Å². The number of benzene rings is 1. The molecule has 0 fully saturated rings. The zero-order valence-corrected chi connectivity index (χ0v) is 10.5. The SMILES string of the molecule is CNCc1cccc(SCC(=O)NCC#N)c1. The number of nitrogens with zero attached hydrogens (tertiary/aromatic N) is 1. The number of carbonyl (C=O) groups is 1. The van der Waals surface area contributed by atoms with Gasteiger partial charge in [0.05, 0.1) is 11.8 Å². The van der Waals surface area contributed by atoms with Crippen LogP contribution in [0.25, 0.3) is 0 Å². The molecular formula is C12H15N3OS. The molecule has 0 radical (unpaired) electrons. The fourth-order valence-corrected chi connectivity index (χ4v) is 2.10. The lowest BCUT2D eigenvalue weighted by atomic mass is 10.2. The van der Waals surface area contributed by atoms with Gasteiger partial charge in [-0.25, -0.2) is 0 Å². The number of hydrogen-bond donors (Lipinski definition) is 2. The maximum atomic E-state index is 11.3. The molecule has 0 aliphatic rings. The lowest BCUT2D eigenvalue weighted by Crippen LogP contribution is -2.25. The molecular weight excluding hydrogens is 234 g/mol. The first-order valence-electron chi connectivity index (χ1n) is 5.26. The topological polar surface area (TPSA) is 64.9 Å². The fraction of sp³-hybridized carbons (Fsp3) is 0.333. The molecule has 1 amide bonds. The number of rotatable bonds is 6. The Morgan fingerprint density at radius 1 is 1.53 bits per heavy atom. The average molecular weight is 249 g/mol. The Morgan fingerprint density at radius 2 is 2.35 bits per heavy atom. The Labute approximate surface area is 105 Å². The molecule has 0 aliphatic heterocycles. The molecule has 2 N–H and O–H groups in total. The number of hydrogen-bond acceptors (Lipinski definition) is 4. The van der Waals surface area contributed by atoms with Crippen LogP contribution in [0.2, 0.25) is 0 Å². The van der Waals surface area contributed by atoms with Gasteiger partial charge >= 0.3 is 0 Å². The van der Waals surface area contributed by atoms with Crippen LogP contribution in [-0.2, 0) is 11.3 Å². The largest absolute Gasteiger partial charge is 0.342 e. The van der Waals surface area contributed by atoms with E-state index in [0.717, 1.165) is 11.4 Å². The minimum Gasteiger partial charge on any atom is -0.342 e. The van der Waals surface area contributed by atoms with E-state index >= 15 is 0 Å². The van der Waals surface area contributed by atoms with Crippen molar-refractivity contribution in [3.63, 3.8) is 0 Å². The average Bonchev–Trinajstić information content (AvgIpc) is 2.35. The van der Waals surface area contributed by atoms with Gasteiger partial charge in [-0.05, 0) is 24.7 Å². The molecule has 0 bridgehead atoms. The summed E-state index contributed by atoms with van der Waals surface area (Å²) in [5, 5.41) is 13.9. The second kappa shape index (κ2) is 7.71. The summed E-state index contributed by atoms with van der Waals surface area (Å²) >= 11 is 1.47. The van der Waals surface area contributed by atoms with E-state index in [2.05, 4.69) is 16.7 Å². The molecule has 0 unspecified atom stereocenters. The molecule has 17 heavy (non-hydrogen) atoms. The molecule has 0 heterocycles. The summed E-state index contributed by atoms with van der Waals surface area (Å²) in [5.41, 5.74) is 1.19. The first-order valence-corrected chi connectivity index (χ1v) is 6.25. The van der Waals surface area contributed by atoms with Crippen molar-refractivity contribution in [2.75, 3.05) is 19.3 Å². The highest BCUT2D eigenvalue weighted by Gasteiger charge is 2.02. The van der Waals surface area contributed by atoms with Crippen molar-refractivity contribution in [2.45, 2.75) is 11.4 Å². The molecule has 1 aromatic rings. The first-order chi connectivity index (χ1) is 8.26. The lowest BCUT2D eigenvalue weighted by molar-refractivity contribution is -0.118. The van der Waals surface area contributed by atoms with E-state index in [4.69, 9.17) is 5.26 Å². The summed E-state index contributed by atoms with van der Waals surface area (Å²) in [6, 6.07) is 9.91. The van der Waals surface area contributed by atoms with Gasteiger partial charge in [0.15, 0.2) is 0 Å². The van der Waals surface area contributed by atoms with Gasteiger partial charge in [0.25, 0.3) is 0 Å². The monoisotopic (exact) mass is 249 g/mol. The van der Waals surface area contributed by atoms with Crippen LogP contribution in [-0.4, -0.2) is 25.3 Å². The molecule has 0 atom stereocenters. The van der Waals surface area contributed by atoms with E-state index in [0.29, 0.717) is 5.75 Å². The van der Waals surface area contributed by atoms with Gasteiger partial charge in [-0.2, -0.15) is 5.26 Å². The van der Waals surface area contributed by atoms with Crippen LogP contribution in [0.5, 0.6) is 0 Å². The van der Waals surface area contributed by atoms with Gasteiger partial charge in [-0.15, -0.1) is 11.8 Å². The second-order valence-corrected chi connectivity index (χ2v) is 4.45. The van der Waals surface area contributed by atoms with E-state index < -0.39 is 0 Å². The van der Waals surface area contributed by atoms with Gasteiger partial charge < -0.3 is 10.6 Å². The van der Waals surface area contributed by atoms with Crippen molar-refractivity contribution >= 4 is 17.7 Å². The summed E-state index contributed by atoms with van der Waals surface area (Å²) in [7, 11) is 1.90. The smallest absolute Gasteiger partial charge is 0.231 e. The molecule has 0 saturated heterocycles. The van der Waals surface area contributed by atoms with Crippen LogP contribution in [0.15, 0.2) is 29.2 Å². The second-order valence-electron chi connectivity index (χ2n) is 3.40. The van der Waals surface area contributed by atoms with Crippen LogP contribution < -0.4 is 10.6 Å². The molecule has 0 aliphatic carbocycles. The minimum absolute atomic E-state index is 0.0686. The van der Waals surface area contributed by atoms with E-state index in [1.54, 1.807) is 0 Å².